The number of anilines is 1. The second-order valence-electron chi connectivity index (χ2n) is 6.56. The summed E-state index contributed by atoms with van der Waals surface area (Å²) >= 11 is 0. The lowest BCUT2D eigenvalue weighted by molar-refractivity contribution is 0.0943. The van der Waals surface area contributed by atoms with E-state index in [1.807, 2.05) is 6.92 Å². The molecule has 8 heteroatoms. The minimum Gasteiger partial charge on any atom is -0.486 e. The van der Waals surface area contributed by atoms with Gasteiger partial charge < -0.3 is 19.9 Å². The average Bonchev–Trinajstić information content (AvgIpc) is 3.23. The van der Waals surface area contributed by atoms with Gasteiger partial charge in [0.05, 0.1) is 0 Å². The monoisotopic (exact) mass is 411 g/mol. The number of unbranched alkanes of at least 4 members (excludes halogenated alkanes) is 1. The fraction of sp³-hybridized carbons (Fsp3) is 0.227. The van der Waals surface area contributed by atoms with Crippen molar-refractivity contribution in [1.82, 2.24) is 10.5 Å². The van der Waals surface area contributed by atoms with Crippen molar-refractivity contribution in [3.05, 3.63) is 77.4 Å². The van der Waals surface area contributed by atoms with Gasteiger partial charge in [-0.3, -0.25) is 9.59 Å². The third-order valence-electron chi connectivity index (χ3n) is 4.21. The number of aromatic nitrogens is 1. The van der Waals surface area contributed by atoms with Crippen LogP contribution in [0.5, 0.6) is 5.75 Å². The minimum absolute atomic E-state index is 0.108. The van der Waals surface area contributed by atoms with Crippen molar-refractivity contribution in [3.8, 4) is 5.75 Å². The molecule has 0 aliphatic heterocycles. The van der Waals surface area contributed by atoms with E-state index in [9.17, 15) is 14.0 Å². The number of ether oxygens (including phenoxy) is 1. The molecule has 1 aromatic heterocycles. The zero-order valence-electron chi connectivity index (χ0n) is 16.5. The van der Waals surface area contributed by atoms with Crippen molar-refractivity contribution in [3.63, 3.8) is 0 Å². The molecule has 0 saturated carbocycles. The zero-order valence-corrected chi connectivity index (χ0v) is 16.5. The van der Waals surface area contributed by atoms with Gasteiger partial charge in [0.25, 0.3) is 11.8 Å². The van der Waals surface area contributed by atoms with Crippen LogP contribution in [0.4, 0.5) is 10.1 Å². The Balaban J connectivity index is 1.49. The van der Waals surface area contributed by atoms with E-state index in [0.717, 1.165) is 12.8 Å². The molecule has 2 N–H and O–H groups in total. The first-order chi connectivity index (χ1) is 14.5. The number of halogens is 1. The van der Waals surface area contributed by atoms with Crippen LogP contribution >= 0.6 is 0 Å². The second-order valence-corrected chi connectivity index (χ2v) is 6.56. The van der Waals surface area contributed by atoms with Crippen LogP contribution < -0.4 is 15.4 Å². The van der Waals surface area contributed by atoms with Gasteiger partial charge in [0.15, 0.2) is 11.5 Å². The molecule has 0 aliphatic rings. The molecule has 7 nitrogen and oxygen atoms in total. The molecule has 0 bridgehead atoms. The first-order valence-corrected chi connectivity index (χ1v) is 9.58. The molecule has 0 fully saturated rings. The topological polar surface area (TPSA) is 93.5 Å². The molecule has 0 radical (unpaired) electrons. The molecule has 0 unspecified atom stereocenters. The maximum Gasteiger partial charge on any atom is 0.273 e. The summed E-state index contributed by atoms with van der Waals surface area (Å²) in [5.41, 5.74) is 1.14. The highest BCUT2D eigenvalue weighted by Gasteiger charge is 2.12. The summed E-state index contributed by atoms with van der Waals surface area (Å²) < 4.78 is 23.7. The molecule has 0 aliphatic carbocycles. The van der Waals surface area contributed by atoms with Crippen LogP contribution in [0.3, 0.4) is 0 Å². The molecule has 156 valence electrons. The van der Waals surface area contributed by atoms with Crippen molar-refractivity contribution >= 4 is 17.5 Å². The predicted molar refractivity (Wildman–Crippen MR) is 109 cm³/mol. The summed E-state index contributed by atoms with van der Waals surface area (Å²) in [6.07, 6.45) is 1.90. The molecule has 0 saturated heterocycles. The van der Waals surface area contributed by atoms with Gasteiger partial charge in [-0.2, -0.15) is 0 Å². The highest BCUT2D eigenvalue weighted by molar-refractivity contribution is 6.04. The van der Waals surface area contributed by atoms with Gasteiger partial charge >= 0.3 is 0 Å². The van der Waals surface area contributed by atoms with Gasteiger partial charge in [0.1, 0.15) is 18.2 Å². The van der Waals surface area contributed by atoms with Crippen LogP contribution in [0.2, 0.25) is 0 Å². The summed E-state index contributed by atoms with van der Waals surface area (Å²) in [6, 6.07) is 13.6. The zero-order chi connectivity index (χ0) is 21.3. The average molecular weight is 411 g/mol. The summed E-state index contributed by atoms with van der Waals surface area (Å²) in [5.74, 6) is -0.0386. The first-order valence-electron chi connectivity index (χ1n) is 9.58. The van der Waals surface area contributed by atoms with E-state index >= 15 is 0 Å². The number of hydrogen-bond donors (Lipinski definition) is 2. The van der Waals surface area contributed by atoms with E-state index < -0.39 is 5.82 Å². The lowest BCUT2D eigenvalue weighted by atomic mass is 10.2. The Hall–Kier alpha value is -3.68. The van der Waals surface area contributed by atoms with Crippen molar-refractivity contribution in [2.24, 2.45) is 0 Å². The number of nitrogens with one attached hydrogen (secondary N) is 2. The smallest absolute Gasteiger partial charge is 0.273 e. The van der Waals surface area contributed by atoms with Crippen molar-refractivity contribution in [1.29, 1.82) is 0 Å². The summed E-state index contributed by atoms with van der Waals surface area (Å²) in [6.45, 7) is 2.75. The quantitative estimate of drug-likeness (QED) is 0.516. The Morgan fingerprint density at radius 2 is 1.80 bits per heavy atom. The highest BCUT2D eigenvalue weighted by Crippen LogP contribution is 2.18. The first kappa shape index (κ1) is 21.0. The molecule has 30 heavy (non-hydrogen) atoms. The Morgan fingerprint density at radius 1 is 1.07 bits per heavy atom. The van der Waals surface area contributed by atoms with Gasteiger partial charge in [-0.1, -0.05) is 18.5 Å². The van der Waals surface area contributed by atoms with E-state index in [2.05, 4.69) is 15.8 Å². The molecule has 3 aromatic rings. The molecule has 0 atom stereocenters. The number of hydrogen-bond acceptors (Lipinski definition) is 5. The third-order valence-corrected chi connectivity index (χ3v) is 4.21. The van der Waals surface area contributed by atoms with Crippen molar-refractivity contribution < 1.29 is 23.2 Å². The fourth-order valence-electron chi connectivity index (χ4n) is 2.55. The molecular formula is C22H22FN3O4. The number of benzene rings is 2. The number of carbonyl (C=O) groups excluding carboxylic acids is 2. The summed E-state index contributed by atoms with van der Waals surface area (Å²) in [7, 11) is 0. The van der Waals surface area contributed by atoms with Crippen LogP contribution in [0.25, 0.3) is 0 Å². The standard InChI is InChI=1S/C22H22FN3O4/c1-2-3-12-24-22(28)20-13-19(30-26-20)14-29-18-10-8-17(9-11-18)25-21(27)15-4-6-16(23)7-5-15/h4-11,13H,2-3,12,14H2,1H3,(H,24,28)(H,25,27). The lowest BCUT2D eigenvalue weighted by Gasteiger charge is -2.07. The maximum atomic E-state index is 12.9. The number of rotatable bonds is 9. The Labute approximate surface area is 173 Å². The minimum atomic E-state index is -0.399. The van der Waals surface area contributed by atoms with E-state index in [0.29, 0.717) is 29.3 Å². The van der Waals surface area contributed by atoms with Crippen LogP contribution in [0.1, 0.15) is 46.4 Å². The fourth-order valence-corrected chi connectivity index (χ4v) is 2.55. The normalized spacial score (nSPS) is 10.5. The van der Waals surface area contributed by atoms with Gasteiger partial charge in [-0.15, -0.1) is 0 Å². The van der Waals surface area contributed by atoms with Crippen molar-refractivity contribution in [2.75, 3.05) is 11.9 Å². The second kappa shape index (κ2) is 10.2. The van der Waals surface area contributed by atoms with Crippen LogP contribution in [-0.2, 0) is 6.61 Å². The summed E-state index contributed by atoms with van der Waals surface area (Å²) in [5, 5.41) is 9.24. The highest BCUT2D eigenvalue weighted by atomic mass is 19.1. The predicted octanol–water partition coefficient (Wildman–Crippen LogP) is 4.17. The van der Waals surface area contributed by atoms with E-state index in [-0.39, 0.29) is 24.1 Å². The van der Waals surface area contributed by atoms with Crippen LogP contribution in [0, 0.1) is 5.82 Å². The maximum absolute atomic E-state index is 12.9. The summed E-state index contributed by atoms with van der Waals surface area (Å²) in [4.78, 5) is 24.1. The van der Waals surface area contributed by atoms with Crippen LogP contribution in [-0.4, -0.2) is 23.5 Å². The van der Waals surface area contributed by atoms with Gasteiger partial charge in [-0.25, -0.2) is 4.39 Å². The Kier molecular flexibility index (Phi) is 7.15. The largest absolute Gasteiger partial charge is 0.486 e. The molecular weight excluding hydrogens is 389 g/mol. The van der Waals surface area contributed by atoms with Gasteiger partial charge in [0, 0.05) is 23.9 Å². The molecule has 3 rings (SSSR count). The van der Waals surface area contributed by atoms with E-state index in [1.54, 1.807) is 30.3 Å². The van der Waals surface area contributed by atoms with Crippen LogP contribution in [0.15, 0.2) is 59.1 Å². The van der Waals surface area contributed by atoms with E-state index in [1.165, 1.54) is 24.3 Å². The molecule has 1 heterocycles. The Bertz CT molecular complexity index is 984. The SMILES string of the molecule is CCCCNC(=O)c1cc(COc2ccc(NC(=O)c3ccc(F)cc3)cc2)on1. The Morgan fingerprint density at radius 3 is 2.50 bits per heavy atom. The molecule has 2 aromatic carbocycles. The lowest BCUT2D eigenvalue weighted by Crippen LogP contribution is -2.24. The number of nitrogens with zero attached hydrogens (tertiary/aromatic N) is 1. The number of amides is 2. The van der Waals surface area contributed by atoms with Crippen molar-refractivity contribution in [2.45, 2.75) is 26.4 Å². The van der Waals surface area contributed by atoms with Gasteiger partial charge in [-0.05, 0) is 55.0 Å². The molecule has 0 spiro atoms. The molecule has 2 amide bonds. The third kappa shape index (κ3) is 5.91. The number of carbonyl (C=O) groups is 2. The van der Waals surface area contributed by atoms with E-state index in [4.69, 9.17) is 9.26 Å². The van der Waals surface area contributed by atoms with Gasteiger partial charge in [0.2, 0.25) is 0 Å².